The Balaban J connectivity index is 1.59. The Morgan fingerprint density at radius 3 is 2.68 bits per heavy atom. The van der Waals surface area contributed by atoms with Crippen molar-refractivity contribution in [1.29, 1.82) is 0 Å². The van der Waals surface area contributed by atoms with Gasteiger partial charge in [0.15, 0.2) is 5.65 Å². The van der Waals surface area contributed by atoms with Gasteiger partial charge in [-0.3, -0.25) is 14.3 Å². The van der Waals surface area contributed by atoms with E-state index in [2.05, 4.69) is 20.5 Å². The molecule has 28 heavy (non-hydrogen) atoms. The van der Waals surface area contributed by atoms with Gasteiger partial charge in [0.2, 0.25) is 5.95 Å². The molecule has 0 radical (unpaired) electrons. The first-order valence-corrected chi connectivity index (χ1v) is 9.10. The SMILES string of the molecule is CN(C)c1nc2cc(NC(=O)c3c(C(=O)N4CCCC4)cnn3C)ccn2n1. The third kappa shape index (κ3) is 3.17. The van der Waals surface area contributed by atoms with E-state index >= 15 is 0 Å². The van der Waals surface area contributed by atoms with Crippen molar-refractivity contribution in [2.75, 3.05) is 37.4 Å². The molecule has 10 nitrogen and oxygen atoms in total. The molecular weight excluding hydrogens is 360 g/mol. The van der Waals surface area contributed by atoms with Gasteiger partial charge in [-0.1, -0.05) is 0 Å². The van der Waals surface area contributed by atoms with Crippen LogP contribution in [0.15, 0.2) is 24.5 Å². The van der Waals surface area contributed by atoms with Gasteiger partial charge < -0.3 is 15.1 Å². The lowest BCUT2D eigenvalue weighted by Crippen LogP contribution is -2.30. The van der Waals surface area contributed by atoms with Crippen LogP contribution in [0.5, 0.6) is 0 Å². The molecule has 0 bridgehead atoms. The van der Waals surface area contributed by atoms with Crippen LogP contribution >= 0.6 is 0 Å². The van der Waals surface area contributed by atoms with Gasteiger partial charge in [-0.15, -0.1) is 5.10 Å². The number of aryl methyl sites for hydroxylation is 1. The second-order valence-corrected chi connectivity index (χ2v) is 7.01. The highest BCUT2D eigenvalue weighted by atomic mass is 16.2. The van der Waals surface area contributed by atoms with E-state index < -0.39 is 0 Å². The molecule has 146 valence electrons. The number of nitrogens with zero attached hydrogens (tertiary/aromatic N) is 7. The summed E-state index contributed by atoms with van der Waals surface area (Å²) >= 11 is 0. The van der Waals surface area contributed by atoms with E-state index in [0.717, 1.165) is 12.8 Å². The molecule has 3 aromatic heterocycles. The smallest absolute Gasteiger partial charge is 0.274 e. The molecule has 4 rings (SSSR count). The van der Waals surface area contributed by atoms with Gasteiger partial charge in [-0.25, -0.2) is 4.52 Å². The maximum Gasteiger partial charge on any atom is 0.274 e. The lowest BCUT2D eigenvalue weighted by atomic mass is 10.2. The standard InChI is InChI=1S/C18H22N8O2/c1-23(2)18-21-14-10-12(6-9-26(14)22-18)20-16(27)15-13(11-19-24(15)3)17(28)25-7-4-5-8-25/h6,9-11H,4-5,7-8H2,1-3H3,(H,20,27). The Bertz CT molecular complexity index is 1050. The molecule has 3 aromatic rings. The normalized spacial score (nSPS) is 13.9. The number of anilines is 2. The number of pyridine rings is 1. The van der Waals surface area contributed by atoms with E-state index in [9.17, 15) is 9.59 Å². The van der Waals surface area contributed by atoms with Crippen molar-refractivity contribution in [3.63, 3.8) is 0 Å². The van der Waals surface area contributed by atoms with E-state index in [1.54, 1.807) is 39.7 Å². The van der Waals surface area contributed by atoms with Crippen molar-refractivity contribution in [1.82, 2.24) is 29.3 Å². The van der Waals surface area contributed by atoms with Crippen LogP contribution in [0.1, 0.15) is 33.7 Å². The highest BCUT2D eigenvalue weighted by Gasteiger charge is 2.27. The van der Waals surface area contributed by atoms with Crippen LogP contribution in [0, 0.1) is 0 Å². The van der Waals surface area contributed by atoms with Crippen molar-refractivity contribution in [2.24, 2.45) is 7.05 Å². The topological polar surface area (TPSA) is 101 Å². The summed E-state index contributed by atoms with van der Waals surface area (Å²) in [5, 5.41) is 11.3. The zero-order valence-corrected chi connectivity index (χ0v) is 16.1. The Kier molecular flexibility index (Phi) is 4.46. The number of hydrogen-bond donors (Lipinski definition) is 1. The van der Waals surface area contributed by atoms with Crippen LogP contribution in [0.2, 0.25) is 0 Å². The summed E-state index contributed by atoms with van der Waals surface area (Å²) in [5.41, 5.74) is 1.74. The zero-order valence-electron chi connectivity index (χ0n) is 16.1. The van der Waals surface area contributed by atoms with Gasteiger partial charge in [0.05, 0.1) is 11.8 Å². The molecule has 10 heteroatoms. The number of hydrogen-bond acceptors (Lipinski definition) is 6. The zero-order chi connectivity index (χ0) is 19.8. The first kappa shape index (κ1) is 18.0. The Labute approximate surface area is 161 Å². The van der Waals surface area contributed by atoms with Crippen LogP contribution in [-0.4, -0.2) is 68.3 Å². The molecule has 0 aromatic carbocycles. The molecule has 1 aliphatic heterocycles. The highest BCUT2D eigenvalue weighted by molar-refractivity contribution is 6.11. The molecule has 2 amide bonds. The van der Waals surface area contributed by atoms with Gasteiger partial charge in [0.1, 0.15) is 5.69 Å². The van der Waals surface area contributed by atoms with Crippen molar-refractivity contribution in [3.8, 4) is 0 Å². The molecule has 0 atom stereocenters. The average Bonchev–Trinajstić information content (AvgIpc) is 3.39. The van der Waals surface area contributed by atoms with E-state index in [1.165, 1.54) is 10.9 Å². The summed E-state index contributed by atoms with van der Waals surface area (Å²) in [6.45, 7) is 1.43. The van der Waals surface area contributed by atoms with Gasteiger partial charge in [0, 0.05) is 52.2 Å². The fourth-order valence-electron chi connectivity index (χ4n) is 3.28. The molecule has 0 saturated carbocycles. The fourth-order valence-corrected chi connectivity index (χ4v) is 3.28. The van der Waals surface area contributed by atoms with Crippen LogP contribution in [0.25, 0.3) is 5.65 Å². The quantitative estimate of drug-likeness (QED) is 0.723. The first-order chi connectivity index (χ1) is 13.4. The maximum absolute atomic E-state index is 12.9. The van der Waals surface area contributed by atoms with Crippen molar-refractivity contribution < 1.29 is 9.59 Å². The summed E-state index contributed by atoms with van der Waals surface area (Å²) in [6.07, 6.45) is 5.16. The summed E-state index contributed by atoms with van der Waals surface area (Å²) in [7, 11) is 5.37. The third-order valence-corrected chi connectivity index (χ3v) is 4.76. The van der Waals surface area contributed by atoms with Crippen molar-refractivity contribution in [3.05, 3.63) is 35.8 Å². The number of rotatable bonds is 4. The molecule has 0 spiro atoms. The fraction of sp³-hybridized carbons (Fsp3) is 0.389. The molecule has 1 N–H and O–H groups in total. The first-order valence-electron chi connectivity index (χ1n) is 9.10. The number of fused-ring (bicyclic) bond motifs is 1. The molecule has 0 unspecified atom stereocenters. The van der Waals surface area contributed by atoms with Gasteiger partial charge in [0.25, 0.3) is 11.8 Å². The van der Waals surface area contributed by atoms with Gasteiger partial charge >= 0.3 is 0 Å². The van der Waals surface area contributed by atoms with E-state index in [-0.39, 0.29) is 17.5 Å². The second-order valence-electron chi connectivity index (χ2n) is 7.01. The van der Waals surface area contributed by atoms with Gasteiger partial charge in [-0.2, -0.15) is 10.1 Å². The lowest BCUT2D eigenvalue weighted by molar-refractivity contribution is 0.0787. The predicted molar refractivity (Wildman–Crippen MR) is 104 cm³/mol. The van der Waals surface area contributed by atoms with Crippen LogP contribution in [0.4, 0.5) is 11.6 Å². The molecule has 0 aliphatic carbocycles. The molecule has 1 saturated heterocycles. The monoisotopic (exact) mass is 382 g/mol. The minimum atomic E-state index is -0.390. The molecular formula is C18H22N8O2. The number of carbonyl (C=O) groups is 2. The van der Waals surface area contributed by atoms with Gasteiger partial charge in [-0.05, 0) is 18.9 Å². The highest BCUT2D eigenvalue weighted by Crippen LogP contribution is 2.19. The minimum absolute atomic E-state index is 0.153. The van der Waals surface area contributed by atoms with E-state index in [4.69, 9.17) is 0 Å². The maximum atomic E-state index is 12.9. The van der Waals surface area contributed by atoms with E-state index in [0.29, 0.717) is 35.9 Å². The Hall–Kier alpha value is -3.43. The number of amides is 2. The summed E-state index contributed by atoms with van der Waals surface area (Å²) in [6, 6.07) is 3.47. The lowest BCUT2D eigenvalue weighted by Gasteiger charge is -2.15. The number of aromatic nitrogens is 5. The predicted octanol–water partition coefficient (Wildman–Crippen LogP) is 1.02. The molecule has 4 heterocycles. The number of nitrogens with one attached hydrogen (secondary N) is 1. The molecule has 1 fully saturated rings. The number of likely N-dealkylation sites (tertiary alicyclic amines) is 1. The molecule has 1 aliphatic rings. The summed E-state index contributed by atoms with van der Waals surface area (Å²) < 4.78 is 3.07. The second kappa shape index (κ2) is 6.95. The largest absolute Gasteiger partial charge is 0.346 e. The third-order valence-electron chi connectivity index (χ3n) is 4.76. The Morgan fingerprint density at radius 2 is 1.96 bits per heavy atom. The Morgan fingerprint density at radius 1 is 1.21 bits per heavy atom. The number of carbonyl (C=O) groups excluding carboxylic acids is 2. The van der Waals surface area contributed by atoms with Crippen LogP contribution in [0.3, 0.4) is 0 Å². The summed E-state index contributed by atoms with van der Waals surface area (Å²) in [4.78, 5) is 33.6. The van der Waals surface area contributed by atoms with Crippen molar-refractivity contribution >= 4 is 29.1 Å². The average molecular weight is 382 g/mol. The minimum Gasteiger partial charge on any atom is -0.346 e. The van der Waals surface area contributed by atoms with Crippen molar-refractivity contribution in [2.45, 2.75) is 12.8 Å². The van der Waals surface area contributed by atoms with E-state index in [1.807, 2.05) is 14.1 Å². The summed E-state index contributed by atoms with van der Waals surface area (Å²) in [5.74, 6) is 0.0344. The van der Waals surface area contributed by atoms with Crippen LogP contribution in [-0.2, 0) is 7.05 Å². The van der Waals surface area contributed by atoms with Crippen LogP contribution < -0.4 is 10.2 Å².